The van der Waals surface area contributed by atoms with Gasteiger partial charge in [0.25, 0.3) is 11.6 Å². The van der Waals surface area contributed by atoms with Crippen LogP contribution in [-0.4, -0.2) is 28.9 Å². The lowest BCUT2D eigenvalue weighted by Crippen LogP contribution is -2.30. The predicted molar refractivity (Wildman–Crippen MR) is 115 cm³/mol. The third kappa shape index (κ3) is 4.27. The molecule has 1 amide bonds. The second-order valence-electron chi connectivity index (χ2n) is 6.87. The van der Waals surface area contributed by atoms with Crippen molar-refractivity contribution >= 4 is 33.8 Å². The number of rotatable bonds is 5. The van der Waals surface area contributed by atoms with Gasteiger partial charge in [0.2, 0.25) is 0 Å². The molecular weight excluding hydrogens is 388 g/mol. The molecule has 2 aromatic carbocycles. The Morgan fingerprint density at radius 1 is 1.10 bits per heavy atom. The molecule has 4 rings (SSSR count). The summed E-state index contributed by atoms with van der Waals surface area (Å²) in [6.45, 7) is 1.60. The van der Waals surface area contributed by atoms with Crippen LogP contribution in [0.2, 0.25) is 0 Å². The van der Waals surface area contributed by atoms with Gasteiger partial charge in [-0.25, -0.2) is 4.98 Å². The van der Waals surface area contributed by atoms with Crippen molar-refractivity contribution in [2.24, 2.45) is 0 Å². The zero-order chi connectivity index (χ0) is 20.2. The van der Waals surface area contributed by atoms with E-state index in [1.165, 1.54) is 17.4 Å². The number of anilines is 2. The van der Waals surface area contributed by atoms with Gasteiger partial charge in [-0.1, -0.05) is 30.3 Å². The van der Waals surface area contributed by atoms with E-state index in [2.05, 4.69) is 10.3 Å². The monoisotopic (exact) mass is 408 g/mol. The number of carbonyl (C=O) groups excluding carboxylic acids is 1. The molecule has 0 saturated carbocycles. The van der Waals surface area contributed by atoms with E-state index in [9.17, 15) is 14.9 Å². The number of nitro groups is 1. The Bertz CT molecular complexity index is 1030. The fraction of sp³-hybridized carbons (Fsp3) is 0.238. The number of nitro benzene ring substituents is 1. The van der Waals surface area contributed by atoms with Crippen LogP contribution in [0.1, 0.15) is 29.6 Å². The smallest absolute Gasteiger partial charge is 0.293 e. The number of amides is 1. The number of carbonyl (C=O) groups is 1. The van der Waals surface area contributed by atoms with Gasteiger partial charge in [0.1, 0.15) is 5.69 Å². The van der Waals surface area contributed by atoms with Crippen molar-refractivity contribution in [3.8, 4) is 11.3 Å². The summed E-state index contributed by atoms with van der Waals surface area (Å²) < 4.78 is 0. The van der Waals surface area contributed by atoms with Gasteiger partial charge in [-0.2, -0.15) is 0 Å². The lowest BCUT2D eigenvalue weighted by molar-refractivity contribution is -0.384. The SMILES string of the molecule is O=C(Nc1nc(-c2ccccc2)cs1)c1ccc(N2CCCCC2)c([N+](=O)[O-])c1. The van der Waals surface area contributed by atoms with Crippen LogP contribution in [0.25, 0.3) is 11.3 Å². The standard InChI is InChI=1S/C21H20N4O3S/c26-20(23-21-22-17(14-29-21)15-7-3-1-4-8-15)16-9-10-18(19(13-16)25(27)28)24-11-5-2-6-12-24/h1,3-4,7-10,13-14H,2,5-6,11-12H2,(H,22,23,26). The first-order valence-corrected chi connectivity index (χ1v) is 10.4. The van der Waals surface area contributed by atoms with Crippen LogP contribution >= 0.6 is 11.3 Å². The molecule has 3 aromatic rings. The van der Waals surface area contributed by atoms with E-state index in [-0.39, 0.29) is 11.3 Å². The van der Waals surface area contributed by atoms with Gasteiger partial charge >= 0.3 is 0 Å². The van der Waals surface area contributed by atoms with Gasteiger partial charge in [-0.05, 0) is 31.4 Å². The summed E-state index contributed by atoms with van der Waals surface area (Å²) >= 11 is 1.32. The van der Waals surface area contributed by atoms with Gasteiger partial charge in [0, 0.05) is 35.7 Å². The zero-order valence-corrected chi connectivity index (χ0v) is 16.5. The molecule has 7 nitrogen and oxygen atoms in total. The van der Waals surface area contributed by atoms with E-state index in [0.29, 0.717) is 10.8 Å². The Morgan fingerprint density at radius 3 is 2.59 bits per heavy atom. The number of benzene rings is 2. The number of thiazole rings is 1. The summed E-state index contributed by atoms with van der Waals surface area (Å²) in [5.74, 6) is -0.410. The predicted octanol–water partition coefficient (Wildman–Crippen LogP) is 4.96. The lowest BCUT2D eigenvalue weighted by Gasteiger charge is -2.28. The van der Waals surface area contributed by atoms with Crippen molar-refractivity contribution < 1.29 is 9.72 Å². The zero-order valence-electron chi connectivity index (χ0n) is 15.7. The molecule has 0 unspecified atom stereocenters. The van der Waals surface area contributed by atoms with Crippen LogP contribution in [0, 0.1) is 10.1 Å². The highest BCUT2D eigenvalue weighted by atomic mass is 32.1. The fourth-order valence-corrected chi connectivity index (χ4v) is 4.17. The largest absolute Gasteiger partial charge is 0.366 e. The van der Waals surface area contributed by atoms with Gasteiger partial charge in [0.15, 0.2) is 5.13 Å². The van der Waals surface area contributed by atoms with E-state index in [1.807, 2.05) is 40.6 Å². The molecule has 0 aliphatic carbocycles. The summed E-state index contributed by atoms with van der Waals surface area (Å²) in [6, 6.07) is 14.3. The van der Waals surface area contributed by atoms with Crippen LogP contribution in [0.15, 0.2) is 53.9 Å². The maximum atomic E-state index is 12.6. The van der Waals surface area contributed by atoms with Gasteiger partial charge in [-0.15, -0.1) is 11.3 Å². The molecule has 1 fully saturated rings. The molecule has 0 spiro atoms. The van der Waals surface area contributed by atoms with Crippen molar-refractivity contribution in [1.82, 2.24) is 4.98 Å². The Morgan fingerprint density at radius 2 is 1.86 bits per heavy atom. The number of hydrogen-bond acceptors (Lipinski definition) is 6. The molecule has 2 heterocycles. The number of piperidine rings is 1. The summed E-state index contributed by atoms with van der Waals surface area (Å²) in [5.41, 5.74) is 2.52. The van der Waals surface area contributed by atoms with E-state index in [4.69, 9.17) is 0 Å². The van der Waals surface area contributed by atoms with Crippen molar-refractivity contribution in [2.45, 2.75) is 19.3 Å². The molecule has 1 saturated heterocycles. The molecular formula is C21H20N4O3S. The molecule has 1 aliphatic rings. The van der Waals surface area contributed by atoms with Crippen LogP contribution in [0.4, 0.5) is 16.5 Å². The maximum Gasteiger partial charge on any atom is 0.293 e. The third-order valence-corrected chi connectivity index (χ3v) is 5.68. The number of nitrogens with one attached hydrogen (secondary N) is 1. The summed E-state index contributed by atoms with van der Waals surface area (Å²) in [4.78, 5) is 30.3. The molecule has 0 radical (unpaired) electrons. The Balaban J connectivity index is 1.53. The fourth-order valence-electron chi connectivity index (χ4n) is 3.46. The lowest BCUT2D eigenvalue weighted by atomic mass is 10.1. The second kappa shape index (κ2) is 8.40. The maximum absolute atomic E-state index is 12.6. The van der Waals surface area contributed by atoms with Crippen molar-refractivity contribution in [3.63, 3.8) is 0 Å². The van der Waals surface area contributed by atoms with Crippen LogP contribution < -0.4 is 10.2 Å². The minimum absolute atomic E-state index is 0.0383. The molecule has 1 aromatic heterocycles. The quantitative estimate of drug-likeness (QED) is 0.476. The van der Waals surface area contributed by atoms with Crippen molar-refractivity contribution in [1.29, 1.82) is 0 Å². The second-order valence-corrected chi connectivity index (χ2v) is 7.72. The Labute approximate surface area is 172 Å². The minimum Gasteiger partial charge on any atom is -0.366 e. The highest BCUT2D eigenvalue weighted by Gasteiger charge is 2.23. The van der Waals surface area contributed by atoms with E-state index < -0.39 is 10.8 Å². The van der Waals surface area contributed by atoms with E-state index in [0.717, 1.165) is 43.6 Å². The van der Waals surface area contributed by atoms with Crippen molar-refractivity contribution in [3.05, 3.63) is 69.6 Å². The van der Waals surface area contributed by atoms with Crippen molar-refractivity contribution in [2.75, 3.05) is 23.3 Å². The average molecular weight is 408 g/mol. The van der Waals surface area contributed by atoms with Gasteiger partial charge in [0.05, 0.1) is 10.6 Å². The van der Waals surface area contributed by atoms with Crippen LogP contribution in [-0.2, 0) is 0 Å². The third-order valence-electron chi connectivity index (χ3n) is 4.93. The number of aromatic nitrogens is 1. The van der Waals surface area contributed by atoms with E-state index in [1.54, 1.807) is 12.1 Å². The molecule has 1 aliphatic heterocycles. The number of hydrogen-bond donors (Lipinski definition) is 1. The molecule has 8 heteroatoms. The Kier molecular flexibility index (Phi) is 5.53. The first-order valence-electron chi connectivity index (χ1n) is 9.47. The molecule has 0 bridgehead atoms. The summed E-state index contributed by atoms with van der Waals surface area (Å²) in [5, 5.41) is 16.7. The molecule has 148 valence electrons. The summed E-state index contributed by atoms with van der Waals surface area (Å²) in [6.07, 6.45) is 3.18. The molecule has 29 heavy (non-hydrogen) atoms. The number of nitrogens with zero attached hydrogens (tertiary/aromatic N) is 3. The van der Waals surface area contributed by atoms with Gasteiger partial charge < -0.3 is 4.90 Å². The average Bonchev–Trinajstić information content (AvgIpc) is 3.23. The normalized spacial score (nSPS) is 13.9. The van der Waals surface area contributed by atoms with Crippen LogP contribution in [0.3, 0.4) is 0 Å². The highest BCUT2D eigenvalue weighted by molar-refractivity contribution is 7.14. The van der Waals surface area contributed by atoms with Crippen LogP contribution in [0.5, 0.6) is 0 Å². The Hall–Kier alpha value is -3.26. The van der Waals surface area contributed by atoms with E-state index >= 15 is 0 Å². The first-order chi connectivity index (χ1) is 14.1. The molecule has 1 N–H and O–H groups in total. The highest BCUT2D eigenvalue weighted by Crippen LogP contribution is 2.32. The minimum atomic E-state index is -0.419. The molecule has 0 atom stereocenters. The first kappa shape index (κ1) is 19.1. The topological polar surface area (TPSA) is 88.4 Å². The summed E-state index contributed by atoms with van der Waals surface area (Å²) in [7, 11) is 0. The van der Waals surface area contributed by atoms with Gasteiger partial charge in [-0.3, -0.25) is 20.2 Å².